The second-order valence-electron chi connectivity index (χ2n) is 8.06. The number of rotatable bonds is 6. The Morgan fingerprint density at radius 1 is 1.23 bits per heavy atom. The highest BCUT2D eigenvalue weighted by Crippen LogP contribution is 2.32. The number of halogens is 3. The second kappa shape index (κ2) is 9.00. The number of likely N-dealkylation sites (tertiary alicyclic amines) is 1. The van der Waals surface area contributed by atoms with Crippen molar-refractivity contribution in [1.82, 2.24) is 19.8 Å². The van der Waals surface area contributed by atoms with E-state index in [0.717, 1.165) is 35.4 Å². The fourth-order valence-corrected chi connectivity index (χ4v) is 4.95. The lowest BCUT2D eigenvalue weighted by Crippen LogP contribution is -2.42. The molecule has 3 aromatic rings. The number of alkyl halides is 3. The summed E-state index contributed by atoms with van der Waals surface area (Å²) >= 11 is 1.63. The Kier molecular flexibility index (Phi) is 6.34. The first kappa shape index (κ1) is 21.8. The molecule has 0 radical (unpaired) electrons. The van der Waals surface area contributed by atoms with Crippen LogP contribution in [-0.2, 0) is 17.5 Å². The van der Waals surface area contributed by atoms with Crippen molar-refractivity contribution in [2.45, 2.75) is 38.5 Å². The summed E-state index contributed by atoms with van der Waals surface area (Å²) < 4.78 is 41.4. The molecule has 0 bridgehead atoms. The maximum absolute atomic E-state index is 13.5. The zero-order valence-electron chi connectivity index (χ0n) is 17.2. The Hall–Kier alpha value is -2.39. The maximum Gasteiger partial charge on any atom is 0.449 e. The number of thiophene rings is 1. The third-order valence-corrected chi connectivity index (χ3v) is 6.81. The van der Waals surface area contributed by atoms with Crippen LogP contribution < -0.4 is 5.32 Å². The van der Waals surface area contributed by atoms with Crippen molar-refractivity contribution in [2.75, 3.05) is 19.6 Å². The van der Waals surface area contributed by atoms with Crippen LogP contribution in [0.3, 0.4) is 0 Å². The third-order valence-electron chi connectivity index (χ3n) is 5.83. The van der Waals surface area contributed by atoms with Gasteiger partial charge in [-0.05, 0) is 55.4 Å². The van der Waals surface area contributed by atoms with Gasteiger partial charge in [0.25, 0.3) is 0 Å². The molecule has 1 saturated heterocycles. The first-order chi connectivity index (χ1) is 14.8. The molecule has 4 rings (SSSR count). The highest BCUT2D eigenvalue weighted by molar-refractivity contribution is 7.10. The molecule has 3 heterocycles. The zero-order valence-corrected chi connectivity index (χ0v) is 18.0. The standard InChI is InChI=1S/C22H25F3N4OS/c1-15-8-10-28(11-9-15)18(19-7-4-12-31-19)13-26-20(30)14-29-17-6-3-2-5-16(17)27-21(29)22(23,24)25/h2-7,12,15,18H,8-11,13-14H2,1H3,(H,26,30). The Labute approximate surface area is 182 Å². The SMILES string of the molecule is CC1CCN(C(CNC(=O)Cn2c(C(F)(F)F)nc3ccccc32)c2cccs2)CC1. The average molecular weight is 451 g/mol. The van der Waals surface area contributed by atoms with Crippen molar-refractivity contribution in [2.24, 2.45) is 5.92 Å². The lowest BCUT2D eigenvalue weighted by Gasteiger charge is -2.36. The van der Waals surface area contributed by atoms with E-state index in [1.54, 1.807) is 29.5 Å². The molecule has 5 nitrogen and oxygen atoms in total. The van der Waals surface area contributed by atoms with E-state index in [9.17, 15) is 18.0 Å². The van der Waals surface area contributed by atoms with Gasteiger partial charge in [0, 0.05) is 11.4 Å². The molecular formula is C22H25F3N4OS. The third kappa shape index (κ3) is 4.93. The van der Waals surface area contributed by atoms with Gasteiger partial charge in [0.05, 0.1) is 17.1 Å². The number of carbonyl (C=O) groups is 1. The summed E-state index contributed by atoms with van der Waals surface area (Å²) in [6.07, 6.45) is -2.43. The highest BCUT2D eigenvalue weighted by atomic mass is 32.1. The Balaban J connectivity index is 1.49. The number of piperidine rings is 1. The molecule has 1 aliphatic rings. The minimum atomic E-state index is -4.64. The van der Waals surface area contributed by atoms with Crippen LogP contribution in [0.2, 0.25) is 0 Å². The number of aromatic nitrogens is 2. The minimum Gasteiger partial charge on any atom is -0.353 e. The summed E-state index contributed by atoms with van der Waals surface area (Å²) in [5.41, 5.74) is 0.520. The van der Waals surface area contributed by atoms with Crippen LogP contribution in [0.25, 0.3) is 11.0 Å². The van der Waals surface area contributed by atoms with E-state index >= 15 is 0 Å². The smallest absolute Gasteiger partial charge is 0.353 e. The van der Waals surface area contributed by atoms with Crippen LogP contribution in [-0.4, -0.2) is 40.0 Å². The predicted molar refractivity (Wildman–Crippen MR) is 115 cm³/mol. The number of nitrogens with one attached hydrogen (secondary N) is 1. The van der Waals surface area contributed by atoms with Gasteiger partial charge in [0.1, 0.15) is 6.54 Å². The molecule has 1 aliphatic heterocycles. The van der Waals surface area contributed by atoms with Crippen molar-refractivity contribution in [3.63, 3.8) is 0 Å². The Morgan fingerprint density at radius 2 is 1.97 bits per heavy atom. The normalized spacial score (nSPS) is 17.2. The van der Waals surface area contributed by atoms with E-state index < -0.39 is 24.5 Å². The average Bonchev–Trinajstić information content (AvgIpc) is 3.38. The van der Waals surface area contributed by atoms with Crippen molar-refractivity contribution in [3.8, 4) is 0 Å². The highest BCUT2D eigenvalue weighted by Gasteiger charge is 2.38. The van der Waals surface area contributed by atoms with E-state index in [0.29, 0.717) is 18.0 Å². The summed E-state index contributed by atoms with van der Waals surface area (Å²) in [7, 11) is 0. The largest absolute Gasteiger partial charge is 0.449 e. The molecule has 1 unspecified atom stereocenters. The summed E-state index contributed by atoms with van der Waals surface area (Å²) in [5.74, 6) is -0.825. The number of carbonyl (C=O) groups excluding carboxylic acids is 1. The van der Waals surface area contributed by atoms with Gasteiger partial charge in [-0.25, -0.2) is 4.98 Å². The maximum atomic E-state index is 13.5. The van der Waals surface area contributed by atoms with Gasteiger partial charge < -0.3 is 9.88 Å². The molecule has 166 valence electrons. The van der Waals surface area contributed by atoms with Gasteiger partial charge in [-0.3, -0.25) is 9.69 Å². The topological polar surface area (TPSA) is 50.2 Å². The second-order valence-corrected chi connectivity index (χ2v) is 9.04. The monoisotopic (exact) mass is 450 g/mol. The van der Waals surface area contributed by atoms with Gasteiger partial charge in [0.15, 0.2) is 0 Å². The lowest BCUT2D eigenvalue weighted by atomic mass is 9.97. The zero-order chi connectivity index (χ0) is 22.0. The summed E-state index contributed by atoms with van der Waals surface area (Å²) in [4.78, 5) is 19.9. The van der Waals surface area contributed by atoms with Gasteiger partial charge in [-0.2, -0.15) is 13.2 Å². The summed E-state index contributed by atoms with van der Waals surface area (Å²) in [6, 6.07) is 10.4. The molecule has 0 aliphatic carbocycles. The van der Waals surface area contributed by atoms with E-state index in [1.165, 1.54) is 6.07 Å². The molecule has 2 aromatic heterocycles. The van der Waals surface area contributed by atoms with Crippen LogP contribution in [0, 0.1) is 5.92 Å². The first-order valence-corrected chi connectivity index (χ1v) is 11.3. The fraction of sp³-hybridized carbons (Fsp3) is 0.455. The number of benzene rings is 1. The summed E-state index contributed by atoms with van der Waals surface area (Å²) in [6.45, 7) is 4.08. The Bertz CT molecular complexity index is 1020. The minimum absolute atomic E-state index is 0.0260. The molecular weight excluding hydrogens is 425 g/mol. The van der Waals surface area contributed by atoms with Gasteiger partial charge in [0.2, 0.25) is 11.7 Å². The fourth-order valence-electron chi connectivity index (χ4n) is 4.09. The molecule has 0 spiro atoms. The van der Waals surface area contributed by atoms with Crippen LogP contribution in [0.5, 0.6) is 0 Å². The molecule has 0 saturated carbocycles. The molecule has 1 amide bonds. The number of nitrogens with zero attached hydrogens (tertiary/aromatic N) is 3. The van der Waals surface area contributed by atoms with E-state index in [-0.39, 0.29) is 11.6 Å². The molecule has 9 heteroatoms. The van der Waals surface area contributed by atoms with E-state index in [4.69, 9.17) is 0 Å². The van der Waals surface area contributed by atoms with Gasteiger partial charge in [-0.1, -0.05) is 25.1 Å². The molecule has 1 atom stereocenters. The quantitative estimate of drug-likeness (QED) is 0.592. The Morgan fingerprint density at radius 3 is 2.65 bits per heavy atom. The van der Waals surface area contributed by atoms with Crippen LogP contribution in [0.1, 0.15) is 36.5 Å². The first-order valence-electron chi connectivity index (χ1n) is 10.4. The van der Waals surface area contributed by atoms with Gasteiger partial charge >= 0.3 is 6.18 Å². The molecule has 1 aromatic carbocycles. The number of fused-ring (bicyclic) bond motifs is 1. The predicted octanol–water partition coefficient (Wildman–Crippen LogP) is 4.71. The molecule has 31 heavy (non-hydrogen) atoms. The molecule has 1 N–H and O–H groups in total. The summed E-state index contributed by atoms with van der Waals surface area (Å²) in [5, 5.41) is 4.88. The molecule has 1 fully saturated rings. The number of hydrogen-bond donors (Lipinski definition) is 1. The van der Waals surface area contributed by atoms with Gasteiger partial charge in [-0.15, -0.1) is 11.3 Å². The van der Waals surface area contributed by atoms with E-state index in [1.807, 2.05) is 17.5 Å². The number of imidazole rings is 1. The van der Waals surface area contributed by atoms with Crippen molar-refractivity contribution < 1.29 is 18.0 Å². The number of para-hydroxylation sites is 2. The number of amides is 1. The van der Waals surface area contributed by atoms with Crippen molar-refractivity contribution in [1.29, 1.82) is 0 Å². The van der Waals surface area contributed by atoms with Crippen LogP contribution >= 0.6 is 11.3 Å². The van der Waals surface area contributed by atoms with Crippen LogP contribution in [0.15, 0.2) is 41.8 Å². The van der Waals surface area contributed by atoms with Crippen molar-refractivity contribution in [3.05, 3.63) is 52.5 Å². The number of hydrogen-bond acceptors (Lipinski definition) is 4. The van der Waals surface area contributed by atoms with E-state index in [2.05, 4.69) is 22.1 Å². The van der Waals surface area contributed by atoms with Crippen molar-refractivity contribution >= 4 is 28.3 Å². The van der Waals surface area contributed by atoms with Crippen LogP contribution in [0.4, 0.5) is 13.2 Å². The lowest BCUT2D eigenvalue weighted by molar-refractivity contribution is -0.147.